The minimum absolute atomic E-state index is 0.0151. The predicted octanol–water partition coefficient (Wildman–Crippen LogP) is 1.64. The second-order valence-electron chi connectivity index (χ2n) is 4.26. The van der Waals surface area contributed by atoms with Crippen molar-refractivity contribution in [2.24, 2.45) is 5.73 Å². The molecule has 19 heavy (non-hydrogen) atoms. The highest BCUT2D eigenvalue weighted by Crippen LogP contribution is 2.31. The van der Waals surface area contributed by atoms with Crippen LogP contribution in [-0.4, -0.2) is 30.4 Å². The van der Waals surface area contributed by atoms with Crippen molar-refractivity contribution in [3.63, 3.8) is 0 Å². The molecule has 6 nitrogen and oxygen atoms in total. The van der Waals surface area contributed by atoms with E-state index >= 15 is 0 Å². The number of hydrogen-bond donors (Lipinski definition) is 1. The summed E-state index contributed by atoms with van der Waals surface area (Å²) in [4.78, 5) is 4.30. The largest absolute Gasteiger partial charge is 0.493 e. The molecule has 0 spiro atoms. The van der Waals surface area contributed by atoms with Crippen LogP contribution in [0.4, 0.5) is 0 Å². The lowest BCUT2D eigenvalue weighted by molar-refractivity contribution is 0.355. The maximum atomic E-state index is 5.69. The van der Waals surface area contributed by atoms with E-state index in [1.807, 2.05) is 13.0 Å². The van der Waals surface area contributed by atoms with Gasteiger partial charge < -0.3 is 19.7 Å². The van der Waals surface area contributed by atoms with E-state index in [-0.39, 0.29) is 6.04 Å². The number of aromatic nitrogens is 2. The molecule has 2 aromatic rings. The molecule has 1 aromatic heterocycles. The van der Waals surface area contributed by atoms with Gasteiger partial charge in [0, 0.05) is 18.0 Å². The SMILES string of the molecule is COc1ccc(-c2noc(CC(C)N)n2)cc1OC. The lowest BCUT2D eigenvalue weighted by Gasteiger charge is -2.07. The van der Waals surface area contributed by atoms with Crippen LogP contribution >= 0.6 is 0 Å². The zero-order valence-corrected chi connectivity index (χ0v) is 11.2. The first-order valence-corrected chi connectivity index (χ1v) is 5.94. The Balaban J connectivity index is 2.28. The Morgan fingerprint density at radius 3 is 2.63 bits per heavy atom. The van der Waals surface area contributed by atoms with Gasteiger partial charge in [-0.1, -0.05) is 5.16 Å². The maximum absolute atomic E-state index is 5.69. The molecule has 6 heteroatoms. The Morgan fingerprint density at radius 1 is 1.26 bits per heavy atom. The average molecular weight is 263 g/mol. The summed E-state index contributed by atoms with van der Waals surface area (Å²) in [6.07, 6.45) is 0.556. The second kappa shape index (κ2) is 5.71. The number of nitrogens with zero attached hydrogens (tertiary/aromatic N) is 2. The third-order valence-corrected chi connectivity index (χ3v) is 2.61. The lowest BCUT2D eigenvalue weighted by Crippen LogP contribution is -2.17. The molecule has 1 aromatic carbocycles. The van der Waals surface area contributed by atoms with E-state index in [0.717, 1.165) is 5.56 Å². The summed E-state index contributed by atoms with van der Waals surface area (Å²) in [5.41, 5.74) is 6.49. The highest BCUT2D eigenvalue weighted by atomic mass is 16.5. The van der Waals surface area contributed by atoms with Crippen molar-refractivity contribution in [3.05, 3.63) is 24.1 Å². The monoisotopic (exact) mass is 263 g/mol. The lowest BCUT2D eigenvalue weighted by atomic mass is 10.2. The summed E-state index contributed by atoms with van der Waals surface area (Å²) in [6.45, 7) is 1.89. The summed E-state index contributed by atoms with van der Waals surface area (Å²) >= 11 is 0. The molecular formula is C13H17N3O3. The van der Waals surface area contributed by atoms with Gasteiger partial charge in [-0.3, -0.25) is 0 Å². The molecule has 1 unspecified atom stereocenters. The summed E-state index contributed by atoms with van der Waals surface area (Å²) in [7, 11) is 3.17. The van der Waals surface area contributed by atoms with Crippen LogP contribution in [0, 0.1) is 0 Å². The van der Waals surface area contributed by atoms with Crippen LogP contribution in [-0.2, 0) is 6.42 Å². The molecule has 0 aliphatic rings. The van der Waals surface area contributed by atoms with E-state index in [4.69, 9.17) is 19.7 Å². The third-order valence-electron chi connectivity index (χ3n) is 2.61. The van der Waals surface area contributed by atoms with Crippen molar-refractivity contribution in [1.82, 2.24) is 10.1 Å². The van der Waals surface area contributed by atoms with Gasteiger partial charge in [-0.15, -0.1) is 0 Å². The minimum Gasteiger partial charge on any atom is -0.493 e. The molecule has 1 atom stereocenters. The molecule has 0 amide bonds. The fourth-order valence-electron chi connectivity index (χ4n) is 1.71. The fourth-order valence-corrected chi connectivity index (χ4v) is 1.71. The zero-order chi connectivity index (χ0) is 13.8. The first-order chi connectivity index (χ1) is 9.13. The van der Waals surface area contributed by atoms with Crippen LogP contribution in [0.5, 0.6) is 11.5 Å². The molecular weight excluding hydrogens is 246 g/mol. The van der Waals surface area contributed by atoms with Gasteiger partial charge in [0.05, 0.1) is 14.2 Å². The van der Waals surface area contributed by atoms with Crippen molar-refractivity contribution in [2.45, 2.75) is 19.4 Å². The number of methoxy groups -OCH3 is 2. The van der Waals surface area contributed by atoms with Crippen molar-refractivity contribution >= 4 is 0 Å². The summed E-state index contributed by atoms with van der Waals surface area (Å²) in [5, 5.41) is 3.93. The van der Waals surface area contributed by atoms with Gasteiger partial charge in [0.25, 0.3) is 0 Å². The van der Waals surface area contributed by atoms with E-state index in [1.54, 1.807) is 26.4 Å². The van der Waals surface area contributed by atoms with Crippen molar-refractivity contribution < 1.29 is 14.0 Å². The van der Waals surface area contributed by atoms with Crippen molar-refractivity contribution in [1.29, 1.82) is 0 Å². The van der Waals surface area contributed by atoms with Crippen molar-refractivity contribution in [3.8, 4) is 22.9 Å². The van der Waals surface area contributed by atoms with E-state index in [2.05, 4.69) is 10.1 Å². The smallest absolute Gasteiger partial charge is 0.228 e. The second-order valence-corrected chi connectivity index (χ2v) is 4.26. The Morgan fingerprint density at radius 2 is 2.00 bits per heavy atom. The van der Waals surface area contributed by atoms with Gasteiger partial charge in [0.15, 0.2) is 11.5 Å². The van der Waals surface area contributed by atoms with E-state index in [1.165, 1.54) is 0 Å². The number of ether oxygens (including phenoxy) is 2. The number of benzene rings is 1. The first-order valence-electron chi connectivity index (χ1n) is 5.94. The Hall–Kier alpha value is -2.08. The quantitative estimate of drug-likeness (QED) is 0.883. The summed E-state index contributed by atoms with van der Waals surface area (Å²) < 4.78 is 15.6. The molecule has 0 radical (unpaired) electrons. The molecule has 0 saturated carbocycles. The Kier molecular flexibility index (Phi) is 4.01. The number of nitrogens with two attached hydrogens (primary N) is 1. The molecule has 102 valence electrons. The molecule has 2 rings (SSSR count). The standard InChI is InChI=1S/C13H17N3O3/c1-8(14)6-12-15-13(16-19-12)9-4-5-10(17-2)11(7-9)18-3/h4-5,7-8H,6,14H2,1-3H3. The van der Waals surface area contributed by atoms with Gasteiger partial charge in [-0.25, -0.2) is 0 Å². The summed E-state index contributed by atoms with van der Waals surface area (Å²) in [6, 6.07) is 5.44. The van der Waals surface area contributed by atoms with Crippen LogP contribution in [0.3, 0.4) is 0 Å². The number of rotatable bonds is 5. The Bertz CT molecular complexity index is 552. The van der Waals surface area contributed by atoms with Crippen molar-refractivity contribution in [2.75, 3.05) is 14.2 Å². The normalized spacial score (nSPS) is 12.2. The van der Waals surface area contributed by atoms with E-state index in [0.29, 0.717) is 29.6 Å². The number of hydrogen-bond acceptors (Lipinski definition) is 6. The Labute approximate surface area is 111 Å². The molecule has 2 N–H and O–H groups in total. The van der Waals surface area contributed by atoms with Gasteiger partial charge in [0.1, 0.15) is 0 Å². The molecule has 0 saturated heterocycles. The minimum atomic E-state index is -0.0151. The summed E-state index contributed by atoms with van der Waals surface area (Å²) in [5.74, 6) is 2.32. The van der Waals surface area contributed by atoms with Gasteiger partial charge in [0.2, 0.25) is 11.7 Å². The van der Waals surface area contributed by atoms with Crippen LogP contribution in [0.1, 0.15) is 12.8 Å². The predicted molar refractivity (Wildman–Crippen MR) is 70.2 cm³/mol. The van der Waals surface area contributed by atoms with Crippen LogP contribution in [0.15, 0.2) is 22.7 Å². The van der Waals surface area contributed by atoms with Gasteiger partial charge in [-0.2, -0.15) is 4.98 Å². The molecule has 0 aliphatic heterocycles. The third kappa shape index (κ3) is 3.03. The molecule has 0 bridgehead atoms. The van der Waals surface area contributed by atoms with E-state index < -0.39 is 0 Å². The fraction of sp³-hybridized carbons (Fsp3) is 0.385. The average Bonchev–Trinajstić information content (AvgIpc) is 2.85. The molecule has 0 aliphatic carbocycles. The molecule has 1 heterocycles. The highest BCUT2D eigenvalue weighted by molar-refractivity contribution is 5.60. The van der Waals surface area contributed by atoms with E-state index in [9.17, 15) is 0 Å². The zero-order valence-electron chi connectivity index (χ0n) is 11.2. The maximum Gasteiger partial charge on any atom is 0.228 e. The van der Waals surface area contributed by atoms with Gasteiger partial charge >= 0.3 is 0 Å². The van der Waals surface area contributed by atoms with Crippen LogP contribution in [0.2, 0.25) is 0 Å². The van der Waals surface area contributed by atoms with Crippen LogP contribution < -0.4 is 15.2 Å². The van der Waals surface area contributed by atoms with Gasteiger partial charge in [-0.05, 0) is 25.1 Å². The highest BCUT2D eigenvalue weighted by Gasteiger charge is 2.12. The molecule has 0 fully saturated rings. The topological polar surface area (TPSA) is 83.4 Å². The van der Waals surface area contributed by atoms with Crippen LogP contribution in [0.25, 0.3) is 11.4 Å². The first kappa shape index (κ1) is 13.4.